The van der Waals surface area contributed by atoms with Crippen molar-refractivity contribution in [2.75, 3.05) is 6.61 Å². The van der Waals surface area contributed by atoms with Gasteiger partial charge in [0.2, 0.25) is 0 Å². The van der Waals surface area contributed by atoms with Crippen LogP contribution < -0.4 is 0 Å². The Balaban J connectivity index is 1.26. The van der Waals surface area contributed by atoms with E-state index in [2.05, 4.69) is 59.4 Å². The quantitative estimate of drug-likeness (QED) is 0.285. The van der Waals surface area contributed by atoms with Crippen molar-refractivity contribution in [1.29, 1.82) is 0 Å². The maximum Gasteiger partial charge on any atom is 0.186 e. The number of aliphatic hydroxyl groups excluding tert-OH is 4. The Bertz CT molecular complexity index is 1000. The molecule has 0 aromatic rings. The SMILES string of the molecule is C=C(C)C(C=CC(C)[C@@H]1CC[C@@H]2[C@@H]3CC=C4CC(OC5OC(CO)C(O)C(O)C5O)CC[C@]4(C)[C@@H]3CC[C@@]21C)CC. The number of hydrogen-bond donors (Lipinski definition) is 4. The Labute approximate surface area is 247 Å². The molecule has 4 fully saturated rings. The van der Waals surface area contributed by atoms with E-state index in [1.165, 1.54) is 36.8 Å². The molecule has 6 nitrogen and oxygen atoms in total. The van der Waals surface area contributed by atoms with Crippen LogP contribution in [0.5, 0.6) is 0 Å². The molecule has 0 radical (unpaired) electrons. The maximum absolute atomic E-state index is 10.5. The first-order chi connectivity index (χ1) is 19.4. The number of hydrogen-bond acceptors (Lipinski definition) is 6. The van der Waals surface area contributed by atoms with Gasteiger partial charge in [0.15, 0.2) is 6.29 Å². The van der Waals surface area contributed by atoms with Crippen LogP contribution >= 0.6 is 0 Å². The van der Waals surface area contributed by atoms with Gasteiger partial charge >= 0.3 is 0 Å². The van der Waals surface area contributed by atoms with Gasteiger partial charge in [0.25, 0.3) is 0 Å². The molecule has 4 N–H and O–H groups in total. The Morgan fingerprint density at radius 3 is 2.51 bits per heavy atom. The summed E-state index contributed by atoms with van der Waals surface area (Å²) in [5.41, 5.74) is 3.33. The minimum absolute atomic E-state index is 0.115. The van der Waals surface area contributed by atoms with Crippen molar-refractivity contribution in [3.8, 4) is 0 Å². The van der Waals surface area contributed by atoms with E-state index in [9.17, 15) is 20.4 Å². The first-order valence-corrected chi connectivity index (χ1v) is 16.4. The fourth-order valence-electron chi connectivity index (χ4n) is 10.1. The highest BCUT2D eigenvalue weighted by Gasteiger charge is 2.59. The number of rotatable bonds is 8. The van der Waals surface area contributed by atoms with Crippen LogP contribution in [-0.4, -0.2) is 63.8 Å². The largest absolute Gasteiger partial charge is 0.394 e. The molecular weight excluding hydrogens is 516 g/mol. The summed E-state index contributed by atoms with van der Waals surface area (Å²) >= 11 is 0. The van der Waals surface area contributed by atoms with Crippen LogP contribution in [0.3, 0.4) is 0 Å². The summed E-state index contributed by atoms with van der Waals surface area (Å²) in [5.74, 6) is 4.04. The van der Waals surface area contributed by atoms with Gasteiger partial charge in [0.05, 0.1) is 12.7 Å². The van der Waals surface area contributed by atoms with E-state index in [1.54, 1.807) is 0 Å². The van der Waals surface area contributed by atoms with Crippen molar-refractivity contribution in [1.82, 2.24) is 0 Å². The summed E-state index contributed by atoms with van der Waals surface area (Å²) in [6.45, 7) is 15.7. The van der Waals surface area contributed by atoms with E-state index in [-0.39, 0.29) is 11.5 Å². The van der Waals surface area contributed by atoms with Crippen molar-refractivity contribution >= 4 is 0 Å². The third-order valence-corrected chi connectivity index (χ3v) is 12.7. The number of allylic oxidation sites excluding steroid dienone is 4. The third kappa shape index (κ3) is 5.55. The van der Waals surface area contributed by atoms with Crippen LogP contribution in [0.2, 0.25) is 0 Å². The average Bonchev–Trinajstić information content (AvgIpc) is 3.30. The Morgan fingerprint density at radius 1 is 1.07 bits per heavy atom. The van der Waals surface area contributed by atoms with Gasteiger partial charge in [-0.1, -0.05) is 63.6 Å². The normalized spacial score (nSPS) is 47.7. The van der Waals surface area contributed by atoms with Crippen LogP contribution in [0.15, 0.2) is 36.0 Å². The Kier molecular flexibility index (Phi) is 9.32. The van der Waals surface area contributed by atoms with Gasteiger partial charge in [-0.3, -0.25) is 0 Å². The summed E-state index contributed by atoms with van der Waals surface area (Å²) < 4.78 is 11.9. The summed E-state index contributed by atoms with van der Waals surface area (Å²) in [6, 6.07) is 0. The van der Waals surface area contributed by atoms with Crippen molar-refractivity contribution < 1.29 is 29.9 Å². The second-order valence-electron chi connectivity index (χ2n) is 14.8. The van der Waals surface area contributed by atoms with E-state index in [0.29, 0.717) is 23.2 Å². The van der Waals surface area contributed by atoms with Gasteiger partial charge in [0.1, 0.15) is 24.4 Å². The van der Waals surface area contributed by atoms with Crippen molar-refractivity contribution in [2.24, 2.45) is 46.3 Å². The molecule has 8 unspecified atom stereocenters. The van der Waals surface area contributed by atoms with E-state index in [4.69, 9.17) is 9.47 Å². The van der Waals surface area contributed by atoms with Crippen LogP contribution in [0.4, 0.5) is 0 Å². The number of ether oxygens (including phenoxy) is 2. The van der Waals surface area contributed by atoms with E-state index < -0.39 is 37.3 Å². The molecule has 3 saturated carbocycles. The molecular formula is C35H56O6. The molecule has 5 aliphatic rings. The monoisotopic (exact) mass is 572 g/mol. The molecule has 1 aliphatic heterocycles. The van der Waals surface area contributed by atoms with Gasteiger partial charge in [-0.25, -0.2) is 0 Å². The summed E-state index contributed by atoms with van der Waals surface area (Å²) in [7, 11) is 0. The van der Waals surface area contributed by atoms with Crippen LogP contribution in [0, 0.1) is 46.3 Å². The zero-order chi connectivity index (χ0) is 29.7. The standard InChI is InChI=1S/C35H56O6/c1-7-22(20(2)3)9-8-21(4)26-12-13-27-25-11-10-23-18-24(14-16-34(23,5)28(25)15-17-35(26,27)6)40-33-32(39)31(38)30(37)29(19-36)41-33/h8-10,21-22,24-33,36-39H,2,7,11-19H2,1,3-6H3/t21?,22?,24?,25-,26-,27+,28+,29?,30?,31?,32?,33?,34-,35+/m0/s1. The summed E-state index contributed by atoms with van der Waals surface area (Å²) in [4.78, 5) is 0. The lowest BCUT2D eigenvalue weighted by atomic mass is 9.47. The molecule has 232 valence electrons. The molecule has 6 heteroatoms. The van der Waals surface area contributed by atoms with Crippen LogP contribution in [0.1, 0.15) is 92.4 Å². The summed E-state index contributed by atoms with van der Waals surface area (Å²) in [5, 5.41) is 40.4. The first-order valence-electron chi connectivity index (χ1n) is 16.4. The van der Waals surface area contributed by atoms with Gasteiger partial charge in [-0.05, 0) is 111 Å². The minimum Gasteiger partial charge on any atom is -0.394 e. The highest BCUT2D eigenvalue weighted by molar-refractivity contribution is 5.26. The molecule has 1 heterocycles. The smallest absolute Gasteiger partial charge is 0.186 e. The highest BCUT2D eigenvalue weighted by Crippen LogP contribution is 2.67. The lowest BCUT2D eigenvalue weighted by molar-refractivity contribution is -0.313. The Morgan fingerprint density at radius 2 is 1.83 bits per heavy atom. The lowest BCUT2D eigenvalue weighted by Crippen LogP contribution is -2.60. The second kappa shape index (κ2) is 12.2. The molecule has 0 spiro atoms. The van der Waals surface area contributed by atoms with Crippen molar-refractivity contribution in [3.63, 3.8) is 0 Å². The van der Waals surface area contributed by atoms with Gasteiger partial charge in [-0.15, -0.1) is 0 Å². The second-order valence-corrected chi connectivity index (χ2v) is 14.8. The van der Waals surface area contributed by atoms with E-state index in [0.717, 1.165) is 49.9 Å². The van der Waals surface area contributed by atoms with Crippen LogP contribution in [0.25, 0.3) is 0 Å². The molecule has 0 aromatic heterocycles. The fourth-order valence-corrected chi connectivity index (χ4v) is 10.1. The molecule has 41 heavy (non-hydrogen) atoms. The van der Waals surface area contributed by atoms with Crippen molar-refractivity contribution in [3.05, 3.63) is 36.0 Å². The van der Waals surface area contributed by atoms with Crippen LogP contribution in [-0.2, 0) is 9.47 Å². The maximum atomic E-state index is 10.5. The van der Waals surface area contributed by atoms with Gasteiger partial charge < -0.3 is 29.9 Å². The molecule has 0 amide bonds. The van der Waals surface area contributed by atoms with Gasteiger partial charge in [-0.2, -0.15) is 0 Å². The minimum atomic E-state index is -1.40. The lowest BCUT2D eigenvalue weighted by Gasteiger charge is -2.58. The van der Waals surface area contributed by atoms with Crippen molar-refractivity contribution in [2.45, 2.75) is 129 Å². The highest BCUT2D eigenvalue weighted by atomic mass is 16.7. The van der Waals surface area contributed by atoms with E-state index >= 15 is 0 Å². The third-order valence-electron chi connectivity index (χ3n) is 12.7. The first kappa shape index (κ1) is 31.4. The predicted molar refractivity (Wildman–Crippen MR) is 161 cm³/mol. The zero-order valence-electron chi connectivity index (χ0n) is 26.0. The fraction of sp³-hybridized carbons (Fsp3) is 0.829. The molecule has 14 atom stereocenters. The number of fused-ring (bicyclic) bond motifs is 5. The molecule has 5 rings (SSSR count). The average molecular weight is 573 g/mol. The molecule has 1 saturated heterocycles. The predicted octanol–water partition coefficient (Wildman–Crippen LogP) is 5.55. The zero-order valence-corrected chi connectivity index (χ0v) is 26.0. The molecule has 4 aliphatic carbocycles. The topological polar surface area (TPSA) is 99.4 Å². The van der Waals surface area contributed by atoms with Gasteiger partial charge in [0, 0.05) is 0 Å². The summed E-state index contributed by atoms with van der Waals surface area (Å²) in [6.07, 6.45) is 11.5. The molecule has 0 bridgehead atoms. The Hall–Kier alpha value is -1.02. The molecule has 0 aromatic carbocycles. The van der Waals surface area contributed by atoms with E-state index in [1.807, 2.05) is 0 Å². The number of aliphatic hydroxyl groups is 4.